The average molecular weight is 325 g/mol. The number of ether oxygens (including phenoxy) is 1. The van der Waals surface area contributed by atoms with Crippen molar-refractivity contribution in [3.63, 3.8) is 0 Å². The molecule has 3 heteroatoms. The van der Waals surface area contributed by atoms with Crippen molar-refractivity contribution in [2.45, 2.75) is 5.92 Å². The van der Waals surface area contributed by atoms with Gasteiger partial charge in [-0.2, -0.15) is 0 Å². The quantitative estimate of drug-likeness (QED) is 0.702. The summed E-state index contributed by atoms with van der Waals surface area (Å²) in [4.78, 5) is 13.1. The number of para-hydroxylation sites is 2. The minimum absolute atomic E-state index is 0.114. The van der Waals surface area contributed by atoms with E-state index in [9.17, 15) is 4.79 Å². The van der Waals surface area contributed by atoms with E-state index >= 15 is 0 Å². The van der Waals surface area contributed by atoms with Crippen LogP contribution in [0.4, 0.5) is 5.69 Å². The van der Waals surface area contributed by atoms with Gasteiger partial charge in [-0.1, -0.05) is 48.4 Å². The van der Waals surface area contributed by atoms with Crippen LogP contribution in [-0.4, -0.2) is 5.91 Å². The van der Waals surface area contributed by atoms with Crippen molar-refractivity contribution in [2.75, 3.05) is 5.32 Å². The molecule has 25 heavy (non-hydrogen) atoms. The summed E-state index contributed by atoms with van der Waals surface area (Å²) >= 11 is 0. The van der Waals surface area contributed by atoms with Crippen molar-refractivity contribution in [3.05, 3.63) is 89.5 Å². The molecule has 0 unspecified atom stereocenters. The van der Waals surface area contributed by atoms with Crippen LogP contribution in [0.15, 0.2) is 72.8 Å². The van der Waals surface area contributed by atoms with Gasteiger partial charge in [0.2, 0.25) is 5.91 Å². The number of nitrogens with one attached hydrogen (secondary N) is 1. The highest BCUT2D eigenvalue weighted by molar-refractivity contribution is 5.99. The van der Waals surface area contributed by atoms with Gasteiger partial charge in [-0.25, -0.2) is 0 Å². The van der Waals surface area contributed by atoms with E-state index in [1.165, 1.54) is 0 Å². The van der Waals surface area contributed by atoms with Crippen molar-refractivity contribution in [1.29, 1.82) is 0 Å². The van der Waals surface area contributed by atoms with E-state index in [0.29, 0.717) is 17.2 Å². The number of terminal acetylenes is 1. The molecule has 0 saturated heterocycles. The van der Waals surface area contributed by atoms with Crippen LogP contribution in [0.2, 0.25) is 0 Å². The van der Waals surface area contributed by atoms with Gasteiger partial charge in [0.15, 0.2) is 0 Å². The predicted octanol–water partition coefficient (Wildman–Crippen LogP) is 4.54. The summed E-state index contributed by atoms with van der Waals surface area (Å²) < 4.78 is 5.94. The number of hydrogen-bond acceptors (Lipinski definition) is 2. The Morgan fingerprint density at radius 1 is 0.920 bits per heavy atom. The van der Waals surface area contributed by atoms with Crippen LogP contribution in [0.25, 0.3) is 0 Å². The van der Waals surface area contributed by atoms with Gasteiger partial charge in [0, 0.05) is 22.4 Å². The Balaban J connectivity index is 1.74. The summed E-state index contributed by atoms with van der Waals surface area (Å²) in [6.07, 6.45) is 5.44. The summed E-state index contributed by atoms with van der Waals surface area (Å²) in [5.74, 6) is 3.45. The molecule has 0 bridgehead atoms. The van der Waals surface area contributed by atoms with Gasteiger partial charge >= 0.3 is 0 Å². The van der Waals surface area contributed by atoms with Crippen LogP contribution in [0.3, 0.4) is 0 Å². The molecule has 0 atom stereocenters. The number of benzene rings is 3. The molecule has 1 aliphatic rings. The number of hydrogen-bond donors (Lipinski definition) is 1. The monoisotopic (exact) mass is 325 g/mol. The maximum atomic E-state index is 13.1. The molecule has 3 nitrogen and oxygen atoms in total. The number of amides is 1. The maximum Gasteiger partial charge on any atom is 0.236 e. The van der Waals surface area contributed by atoms with Gasteiger partial charge in [0.05, 0.1) is 5.92 Å². The van der Waals surface area contributed by atoms with Crippen LogP contribution in [0, 0.1) is 12.3 Å². The lowest BCUT2D eigenvalue weighted by Crippen LogP contribution is -2.25. The van der Waals surface area contributed by atoms with Crippen LogP contribution >= 0.6 is 0 Å². The van der Waals surface area contributed by atoms with E-state index < -0.39 is 5.92 Å². The lowest BCUT2D eigenvalue weighted by Gasteiger charge is -2.27. The third-order valence-corrected chi connectivity index (χ3v) is 4.24. The lowest BCUT2D eigenvalue weighted by atomic mass is 9.87. The first-order valence-electron chi connectivity index (χ1n) is 7.99. The van der Waals surface area contributed by atoms with Crippen molar-refractivity contribution < 1.29 is 9.53 Å². The highest BCUT2D eigenvalue weighted by atomic mass is 16.5. The second-order valence-corrected chi connectivity index (χ2v) is 5.83. The van der Waals surface area contributed by atoms with Gasteiger partial charge in [-0.15, -0.1) is 6.42 Å². The van der Waals surface area contributed by atoms with E-state index in [4.69, 9.17) is 11.2 Å². The van der Waals surface area contributed by atoms with E-state index in [1.54, 1.807) is 6.07 Å². The zero-order valence-corrected chi connectivity index (χ0v) is 13.4. The van der Waals surface area contributed by atoms with Crippen molar-refractivity contribution in [2.24, 2.45) is 0 Å². The van der Waals surface area contributed by atoms with Crippen molar-refractivity contribution in [3.8, 4) is 23.8 Å². The summed E-state index contributed by atoms with van der Waals surface area (Å²) in [6.45, 7) is 0. The summed E-state index contributed by atoms with van der Waals surface area (Å²) in [5.41, 5.74) is 3.12. The number of fused-ring (bicyclic) bond motifs is 2. The number of rotatable bonds is 2. The fraction of sp³-hybridized carbons (Fsp3) is 0.0455. The Morgan fingerprint density at radius 3 is 2.20 bits per heavy atom. The Morgan fingerprint density at radius 2 is 1.56 bits per heavy atom. The van der Waals surface area contributed by atoms with Gasteiger partial charge in [0.1, 0.15) is 11.5 Å². The molecule has 1 aliphatic heterocycles. The largest absolute Gasteiger partial charge is 0.457 e. The molecule has 0 saturated carbocycles. The SMILES string of the molecule is C#Cc1cccc(NC(=O)C2c3ccccc3Oc3ccccc32)c1. The van der Waals surface area contributed by atoms with E-state index in [-0.39, 0.29) is 5.91 Å². The van der Waals surface area contributed by atoms with E-state index in [1.807, 2.05) is 66.7 Å². The molecule has 4 rings (SSSR count). The molecule has 3 aromatic carbocycles. The fourth-order valence-electron chi connectivity index (χ4n) is 3.09. The Kier molecular flexibility index (Phi) is 3.72. The normalized spacial score (nSPS) is 12.3. The molecular weight excluding hydrogens is 310 g/mol. The van der Waals surface area contributed by atoms with Crippen LogP contribution in [-0.2, 0) is 4.79 Å². The van der Waals surface area contributed by atoms with Crippen molar-refractivity contribution >= 4 is 11.6 Å². The lowest BCUT2D eigenvalue weighted by molar-refractivity contribution is -0.116. The molecule has 0 fully saturated rings. The second kappa shape index (κ2) is 6.18. The first kappa shape index (κ1) is 15.0. The Hall–Kier alpha value is -3.51. The molecule has 0 spiro atoms. The molecule has 120 valence electrons. The zero-order chi connectivity index (χ0) is 17.2. The van der Waals surface area contributed by atoms with Crippen LogP contribution in [0.1, 0.15) is 22.6 Å². The number of carbonyl (C=O) groups excluding carboxylic acids is 1. The van der Waals surface area contributed by atoms with Gasteiger partial charge in [0.25, 0.3) is 0 Å². The minimum atomic E-state index is -0.435. The second-order valence-electron chi connectivity index (χ2n) is 5.83. The standard InChI is InChI=1S/C22H15NO2/c1-2-15-8-7-9-16(14-15)23-22(24)21-17-10-3-5-12-19(17)25-20-13-6-4-11-18(20)21/h1,3-14,21H,(H,23,24). The van der Waals surface area contributed by atoms with Crippen LogP contribution in [0.5, 0.6) is 11.5 Å². The Labute approximate surface area is 146 Å². The zero-order valence-electron chi connectivity index (χ0n) is 13.4. The smallest absolute Gasteiger partial charge is 0.236 e. The molecule has 0 aliphatic carbocycles. The summed E-state index contributed by atoms with van der Waals surface area (Å²) in [7, 11) is 0. The molecule has 0 aromatic heterocycles. The van der Waals surface area contributed by atoms with E-state index in [0.717, 1.165) is 16.7 Å². The third kappa shape index (κ3) is 2.75. The predicted molar refractivity (Wildman–Crippen MR) is 97.8 cm³/mol. The minimum Gasteiger partial charge on any atom is -0.457 e. The highest BCUT2D eigenvalue weighted by Crippen LogP contribution is 2.44. The average Bonchev–Trinajstić information content (AvgIpc) is 2.66. The maximum absolute atomic E-state index is 13.1. The fourth-order valence-corrected chi connectivity index (χ4v) is 3.09. The molecule has 1 heterocycles. The number of carbonyl (C=O) groups is 1. The van der Waals surface area contributed by atoms with Gasteiger partial charge in [-0.3, -0.25) is 4.79 Å². The van der Waals surface area contributed by atoms with Crippen LogP contribution < -0.4 is 10.1 Å². The van der Waals surface area contributed by atoms with Gasteiger partial charge < -0.3 is 10.1 Å². The molecule has 1 N–H and O–H groups in total. The topological polar surface area (TPSA) is 38.3 Å². The summed E-state index contributed by atoms with van der Waals surface area (Å²) in [5, 5.41) is 2.98. The summed E-state index contributed by atoms with van der Waals surface area (Å²) in [6, 6.07) is 22.5. The number of anilines is 1. The van der Waals surface area contributed by atoms with Crippen molar-refractivity contribution in [1.82, 2.24) is 0 Å². The van der Waals surface area contributed by atoms with Gasteiger partial charge in [-0.05, 0) is 30.3 Å². The Bertz CT molecular complexity index is 955. The molecule has 1 amide bonds. The highest BCUT2D eigenvalue weighted by Gasteiger charge is 2.32. The third-order valence-electron chi connectivity index (χ3n) is 4.24. The molecular formula is C22H15NO2. The molecule has 0 radical (unpaired) electrons. The first-order chi connectivity index (χ1) is 12.3. The van der Waals surface area contributed by atoms with E-state index in [2.05, 4.69) is 11.2 Å². The first-order valence-corrected chi connectivity index (χ1v) is 7.99. The molecule has 3 aromatic rings.